The quantitative estimate of drug-likeness (QED) is 0.813. The topological polar surface area (TPSA) is 50.1 Å². The number of nitrogens with one attached hydrogen (secondary N) is 1. The van der Waals surface area contributed by atoms with E-state index in [2.05, 4.69) is 10.4 Å². The molecule has 2 aromatic rings. The van der Waals surface area contributed by atoms with Crippen molar-refractivity contribution in [2.24, 2.45) is 0 Å². The number of rotatable bonds is 4. The largest absolute Gasteiger partial charge is 0.508 e. The third-order valence-corrected chi connectivity index (χ3v) is 2.32. The smallest absolute Gasteiger partial charge is 0.115 e. The molecule has 0 spiro atoms. The molecule has 0 aliphatic rings. The minimum Gasteiger partial charge on any atom is -0.508 e. The monoisotopic (exact) mass is 217 g/mol. The van der Waals surface area contributed by atoms with Crippen LogP contribution in [0, 0.1) is 0 Å². The van der Waals surface area contributed by atoms with Crippen molar-refractivity contribution in [3.8, 4) is 5.75 Å². The minimum absolute atomic E-state index is 0.292. The Hall–Kier alpha value is -1.81. The standard InChI is InChI=1S/C12H15N3O/c1-13-6-11-7-14-15(9-11)8-10-3-2-4-12(16)5-10/h2-5,7,9,13,16H,6,8H2,1H3. The van der Waals surface area contributed by atoms with Gasteiger partial charge in [-0.15, -0.1) is 0 Å². The zero-order chi connectivity index (χ0) is 11.4. The van der Waals surface area contributed by atoms with Gasteiger partial charge in [0.1, 0.15) is 5.75 Å². The SMILES string of the molecule is CNCc1cnn(Cc2cccc(O)c2)c1. The van der Waals surface area contributed by atoms with Crippen LogP contribution in [0.15, 0.2) is 36.7 Å². The number of phenols is 1. The Morgan fingerprint density at radius 3 is 3.00 bits per heavy atom. The highest BCUT2D eigenvalue weighted by molar-refractivity contribution is 5.27. The van der Waals surface area contributed by atoms with Crippen LogP contribution < -0.4 is 5.32 Å². The molecule has 0 unspecified atom stereocenters. The first-order valence-corrected chi connectivity index (χ1v) is 5.22. The van der Waals surface area contributed by atoms with Gasteiger partial charge in [-0.05, 0) is 24.7 Å². The Kier molecular flexibility index (Phi) is 3.22. The van der Waals surface area contributed by atoms with Gasteiger partial charge >= 0.3 is 0 Å². The van der Waals surface area contributed by atoms with E-state index in [4.69, 9.17) is 0 Å². The summed E-state index contributed by atoms with van der Waals surface area (Å²) < 4.78 is 1.86. The van der Waals surface area contributed by atoms with E-state index >= 15 is 0 Å². The van der Waals surface area contributed by atoms with Crippen LogP contribution in [-0.4, -0.2) is 21.9 Å². The molecule has 1 aromatic carbocycles. The average molecular weight is 217 g/mol. The van der Waals surface area contributed by atoms with Crippen molar-refractivity contribution in [3.05, 3.63) is 47.8 Å². The predicted molar refractivity (Wildman–Crippen MR) is 62.2 cm³/mol. The van der Waals surface area contributed by atoms with Crippen molar-refractivity contribution in [2.75, 3.05) is 7.05 Å². The molecule has 4 nitrogen and oxygen atoms in total. The second-order valence-corrected chi connectivity index (χ2v) is 3.75. The van der Waals surface area contributed by atoms with Gasteiger partial charge in [0.05, 0.1) is 12.7 Å². The summed E-state index contributed by atoms with van der Waals surface area (Å²) in [6.07, 6.45) is 3.85. The van der Waals surface area contributed by atoms with Crippen molar-refractivity contribution >= 4 is 0 Å². The summed E-state index contributed by atoms with van der Waals surface area (Å²) in [7, 11) is 1.91. The lowest BCUT2D eigenvalue weighted by atomic mass is 10.2. The van der Waals surface area contributed by atoms with Gasteiger partial charge in [-0.3, -0.25) is 4.68 Å². The van der Waals surface area contributed by atoms with Crippen LogP contribution in [0.25, 0.3) is 0 Å². The van der Waals surface area contributed by atoms with E-state index in [1.807, 2.05) is 36.3 Å². The molecule has 1 aromatic heterocycles. The van der Waals surface area contributed by atoms with Gasteiger partial charge in [-0.1, -0.05) is 12.1 Å². The van der Waals surface area contributed by atoms with Gasteiger partial charge in [-0.25, -0.2) is 0 Å². The highest BCUT2D eigenvalue weighted by Gasteiger charge is 1.99. The maximum absolute atomic E-state index is 9.34. The summed E-state index contributed by atoms with van der Waals surface area (Å²) in [6, 6.07) is 7.22. The molecule has 0 amide bonds. The van der Waals surface area contributed by atoms with Crippen molar-refractivity contribution in [2.45, 2.75) is 13.1 Å². The van der Waals surface area contributed by atoms with Crippen LogP contribution in [-0.2, 0) is 13.1 Å². The molecule has 0 saturated carbocycles. The average Bonchev–Trinajstić information content (AvgIpc) is 2.66. The van der Waals surface area contributed by atoms with E-state index in [1.54, 1.807) is 12.1 Å². The fourth-order valence-corrected chi connectivity index (χ4v) is 1.63. The highest BCUT2D eigenvalue weighted by atomic mass is 16.3. The summed E-state index contributed by atoms with van der Waals surface area (Å²) >= 11 is 0. The van der Waals surface area contributed by atoms with Crippen LogP contribution in [0.1, 0.15) is 11.1 Å². The van der Waals surface area contributed by atoms with E-state index in [0.717, 1.165) is 17.7 Å². The molecule has 1 heterocycles. The van der Waals surface area contributed by atoms with Gasteiger partial charge in [0.25, 0.3) is 0 Å². The Balaban J connectivity index is 2.08. The Morgan fingerprint density at radius 1 is 1.38 bits per heavy atom. The molecule has 16 heavy (non-hydrogen) atoms. The van der Waals surface area contributed by atoms with E-state index in [1.165, 1.54) is 0 Å². The van der Waals surface area contributed by atoms with Gasteiger partial charge in [0.15, 0.2) is 0 Å². The second-order valence-electron chi connectivity index (χ2n) is 3.75. The van der Waals surface area contributed by atoms with Crippen LogP contribution >= 0.6 is 0 Å². The van der Waals surface area contributed by atoms with Gasteiger partial charge in [0.2, 0.25) is 0 Å². The Bertz CT molecular complexity index is 465. The van der Waals surface area contributed by atoms with E-state index < -0.39 is 0 Å². The molecule has 4 heteroatoms. The molecule has 0 aliphatic heterocycles. The molecule has 84 valence electrons. The van der Waals surface area contributed by atoms with Gasteiger partial charge < -0.3 is 10.4 Å². The first-order valence-electron chi connectivity index (χ1n) is 5.22. The molecule has 0 atom stereocenters. The minimum atomic E-state index is 0.292. The van der Waals surface area contributed by atoms with E-state index in [-0.39, 0.29) is 0 Å². The molecule has 0 bridgehead atoms. The Morgan fingerprint density at radius 2 is 2.25 bits per heavy atom. The lowest BCUT2D eigenvalue weighted by Gasteiger charge is -2.02. The number of phenolic OH excluding ortho intramolecular Hbond substituents is 1. The summed E-state index contributed by atoms with van der Waals surface area (Å²) in [6.45, 7) is 1.50. The molecule has 2 N–H and O–H groups in total. The lowest BCUT2D eigenvalue weighted by Crippen LogP contribution is -2.04. The summed E-state index contributed by atoms with van der Waals surface area (Å²) in [5.41, 5.74) is 2.20. The summed E-state index contributed by atoms with van der Waals surface area (Å²) in [5.74, 6) is 0.292. The van der Waals surface area contributed by atoms with Gasteiger partial charge in [-0.2, -0.15) is 5.10 Å². The zero-order valence-electron chi connectivity index (χ0n) is 9.22. The molecular weight excluding hydrogens is 202 g/mol. The molecular formula is C12H15N3O. The summed E-state index contributed by atoms with van der Waals surface area (Å²) in [5, 5.41) is 16.7. The second kappa shape index (κ2) is 4.81. The van der Waals surface area contributed by atoms with Crippen LogP contribution in [0.3, 0.4) is 0 Å². The first-order chi connectivity index (χ1) is 7.78. The first kappa shape index (κ1) is 10.7. The maximum Gasteiger partial charge on any atom is 0.115 e. The predicted octanol–water partition coefficient (Wildman–Crippen LogP) is 1.36. The maximum atomic E-state index is 9.34. The van der Waals surface area contributed by atoms with Crippen LogP contribution in [0.2, 0.25) is 0 Å². The normalized spacial score (nSPS) is 10.6. The van der Waals surface area contributed by atoms with Crippen molar-refractivity contribution in [3.63, 3.8) is 0 Å². The van der Waals surface area contributed by atoms with E-state index in [9.17, 15) is 5.11 Å². The van der Waals surface area contributed by atoms with E-state index in [0.29, 0.717) is 12.3 Å². The number of benzene rings is 1. The fourth-order valence-electron chi connectivity index (χ4n) is 1.63. The van der Waals surface area contributed by atoms with Gasteiger partial charge in [0, 0.05) is 18.3 Å². The number of hydrogen-bond acceptors (Lipinski definition) is 3. The number of aromatic nitrogens is 2. The highest BCUT2D eigenvalue weighted by Crippen LogP contribution is 2.12. The van der Waals surface area contributed by atoms with Crippen LogP contribution in [0.5, 0.6) is 5.75 Å². The third kappa shape index (κ3) is 2.61. The Labute approximate surface area is 94.5 Å². The number of nitrogens with zero attached hydrogens (tertiary/aromatic N) is 2. The van der Waals surface area contributed by atoms with Crippen molar-refractivity contribution in [1.82, 2.24) is 15.1 Å². The third-order valence-electron chi connectivity index (χ3n) is 2.32. The van der Waals surface area contributed by atoms with Crippen LogP contribution in [0.4, 0.5) is 0 Å². The summed E-state index contributed by atoms with van der Waals surface area (Å²) in [4.78, 5) is 0. The number of hydrogen-bond donors (Lipinski definition) is 2. The molecule has 0 aliphatic carbocycles. The molecule has 0 fully saturated rings. The molecule has 2 rings (SSSR count). The van der Waals surface area contributed by atoms with Crippen molar-refractivity contribution < 1.29 is 5.11 Å². The van der Waals surface area contributed by atoms with Crippen molar-refractivity contribution in [1.29, 1.82) is 0 Å². The molecule has 0 saturated heterocycles. The number of aromatic hydroxyl groups is 1. The fraction of sp³-hybridized carbons (Fsp3) is 0.250. The molecule has 0 radical (unpaired) electrons. The zero-order valence-corrected chi connectivity index (χ0v) is 9.22. The lowest BCUT2D eigenvalue weighted by molar-refractivity contribution is 0.474.